The van der Waals surface area contributed by atoms with E-state index in [9.17, 15) is 23.2 Å². The van der Waals surface area contributed by atoms with Crippen LogP contribution in [-0.2, 0) is 10.1 Å². The van der Waals surface area contributed by atoms with Crippen LogP contribution in [0.1, 0.15) is 33.4 Å². The lowest BCUT2D eigenvalue weighted by molar-refractivity contribution is 0.481. The number of azo groups is 2. The molecule has 0 saturated carbocycles. The van der Waals surface area contributed by atoms with E-state index in [0.29, 0.717) is 49.9 Å². The average Bonchev–Trinajstić information content (AvgIpc) is 3.22. The van der Waals surface area contributed by atoms with Gasteiger partial charge in [-0.3, -0.25) is 4.55 Å². The van der Waals surface area contributed by atoms with Crippen molar-refractivity contribution in [2.45, 2.75) is 46.4 Å². The van der Waals surface area contributed by atoms with Crippen LogP contribution in [-0.4, -0.2) is 38.1 Å². The molecule has 0 fully saturated rings. The van der Waals surface area contributed by atoms with Crippen LogP contribution in [0.4, 0.5) is 57.7 Å². The summed E-state index contributed by atoms with van der Waals surface area (Å²) in [5, 5.41) is 52.4. The Morgan fingerprint density at radius 2 is 1.10 bits per heavy atom. The fourth-order valence-corrected chi connectivity index (χ4v) is 7.86. The quantitative estimate of drug-likeness (QED) is 0.0531. The number of para-hydroxylation sites is 1. The van der Waals surface area contributed by atoms with Crippen molar-refractivity contribution >= 4 is 89.3 Å². The third kappa shape index (κ3) is 8.98. The molecule has 63 heavy (non-hydrogen) atoms. The number of hydrogen-bond donors (Lipinski definition) is 6. The number of fused-ring (bicyclic) bond motifs is 2. The highest BCUT2D eigenvalue weighted by Gasteiger charge is 2.21. The number of nitrogens with zero attached hydrogens (tertiary/aromatic N) is 7. The highest BCUT2D eigenvalue weighted by Crippen LogP contribution is 2.44. The fourth-order valence-electron chi connectivity index (χ4n) is 7.17. The molecule has 0 bridgehead atoms. The van der Waals surface area contributed by atoms with Crippen molar-refractivity contribution < 1.29 is 23.2 Å². The van der Waals surface area contributed by atoms with Crippen LogP contribution in [0.5, 0.6) is 11.5 Å². The summed E-state index contributed by atoms with van der Waals surface area (Å²) in [4.78, 5) is 13.2. The van der Waals surface area contributed by atoms with Gasteiger partial charge in [0.2, 0.25) is 17.8 Å². The molecule has 316 valence electrons. The summed E-state index contributed by atoms with van der Waals surface area (Å²) in [5.74, 6) is 0.407. The molecule has 6 N–H and O–H groups in total. The van der Waals surface area contributed by atoms with Gasteiger partial charge in [-0.15, -0.1) is 15.3 Å². The Hall–Kier alpha value is -7.82. The molecule has 0 saturated heterocycles. The third-order valence-electron chi connectivity index (χ3n) is 10.4. The van der Waals surface area contributed by atoms with Crippen molar-refractivity contribution in [3.05, 3.63) is 143 Å². The molecule has 0 spiro atoms. The second-order valence-corrected chi connectivity index (χ2v) is 16.6. The summed E-state index contributed by atoms with van der Waals surface area (Å²) < 4.78 is 35.6. The largest absolute Gasteiger partial charge is 0.505 e. The Morgan fingerprint density at radius 3 is 1.78 bits per heavy atom. The van der Waals surface area contributed by atoms with Gasteiger partial charge in [0.1, 0.15) is 22.0 Å². The van der Waals surface area contributed by atoms with Crippen LogP contribution >= 0.6 is 0 Å². The van der Waals surface area contributed by atoms with Crippen LogP contribution in [0.3, 0.4) is 0 Å². The summed E-state index contributed by atoms with van der Waals surface area (Å²) in [7, 11) is -4.79. The number of aromatic hydroxyl groups is 2. The summed E-state index contributed by atoms with van der Waals surface area (Å²) >= 11 is 0. The van der Waals surface area contributed by atoms with Crippen LogP contribution in [0.15, 0.2) is 135 Å². The van der Waals surface area contributed by atoms with E-state index >= 15 is 0 Å². The molecule has 0 unspecified atom stereocenters. The molecule has 0 aliphatic rings. The van der Waals surface area contributed by atoms with Gasteiger partial charge in [-0.05, 0) is 141 Å². The lowest BCUT2D eigenvalue weighted by Gasteiger charge is -2.14. The topological polar surface area (TPSA) is 219 Å². The number of anilines is 6. The van der Waals surface area contributed by atoms with Crippen molar-refractivity contribution in [3.63, 3.8) is 0 Å². The molecular weight excluding hydrogens is 817 g/mol. The zero-order valence-electron chi connectivity index (χ0n) is 35.1. The van der Waals surface area contributed by atoms with E-state index < -0.39 is 15.0 Å². The first-order valence-corrected chi connectivity index (χ1v) is 21.2. The molecule has 15 nitrogen and oxygen atoms in total. The minimum absolute atomic E-state index is 0.0422. The first-order valence-electron chi connectivity index (χ1n) is 19.7. The molecule has 8 rings (SSSR count). The summed E-state index contributed by atoms with van der Waals surface area (Å²) in [6, 6.07) is 32.7. The number of nitrogens with one attached hydrogen (secondary N) is 3. The number of phenols is 2. The van der Waals surface area contributed by atoms with E-state index in [1.807, 2.05) is 113 Å². The Kier molecular flexibility index (Phi) is 11.2. The van der Waals surface area contributed by atoms with E-state index in [1.165, 1.54) is 12.1 Å². The smallest absolute Gasteiger partial charge is 0.296 e. The van der Waals surface area contributed by atoms with E-state index in [-0.39, 0.29) is 40.7 Å². The zero-order chi connectivity index (χ0) is 44.6. The van der Waals surface area contributed by atoms with Crippen molar-refractivity contribution in [2.24, 2.45) is 20.5 Å². The number of hydrogen-bond acceptors (Lipinski definition) is 14. The predicted octanol–water partition coefficient (Wildman–Crippen LogP) is 12.7. The maximum Gasteiger partial charge on any atom is 0.296 e. The molecule has 0 atom stereocenters. The minimum Gasteiger partial charge on any atom is -0.505 e. The zero-order valence-corrected chi connectivity index (χ0v) is 35.9. The fraction of sp³-hybridized carbons (Fsp3) is 0.128. The van der Waals surface area contributed by atoms with E-state index in [2.05, 4.69) is 51.4 Å². The van der Waals surface area contributed by atoms with Gasteiger partial charge in [-0.25, -0.2) is 0 Å². The van der Waals surface area contributed by atoms with Gasteiger partial charge in [0.25, 0.3) is 10.1 Å². The molecule has 1 aromatic heterocycles. The van der Waals surface area contributed by atoms with Gasteiger partial charge in [0.05, 0.1) is 5.69 Å². The normalized spacial score (nSPS) is 11.9. The van der Waals surface area contributed by atoms with Crippen LogP contribution in [0.25, 0.3) is 21.5 Å². The molecule has 7 aromatic carbocycles. The number of phenolic OH excluding ortho intramolecular Hbond substituents is 2. The van der Waals surface area contributed by atoms with Crippen molar-refractivity contribution in [3.8, 4) is 11.5 Å². The molecule has 16 heteroatoms. The molecule has 8 aromatic rings. The summed E-state index contributed by atoms with van der Waals surface area (Å²) in [6.07, 6.45) is 0. The van der Waals surface area contributed by atoms with Gasteiger partial charge in [-0.2, -0.15) is 28.5 Å². The lowest BCUT2D eigenvalue weighted by atomic mass is 9.99. The first-order chi connectivity index (χ1) is 30.1. The first kappa shape index (κ1) is 41.9. The van der Waals surface area contributed by atoms with Crippen molar-refractivity contribution in [2.75, 3.05) is 16.0 Å². The number of benzene rings is 7. The second-order valence-electron chi connectivity index (χ2n) is 15.2. The van der Waals surface area contributed by atoms with Crippen LogP contribution in [0, 0.1) is 41.5 Å². The van der Waals surface area contributed by atoms with E-state index in [0.717, 1.165) is 33.5 Å². The van der Waals surface area contributed by atoms with Crippen LogP contribution < -0.4 is 16.0 Å². The Bertz CT molecular complexity index is 3290. The molecule has 0 aliphatic heterocycles. The SMILES string of the molecule is Cc1cccc(Nc2nc(Nc3ccccc3)nc(Nc3cc(N=Nc4c(C)cc5c(C)c(N=Nc6c(C)cc7cc(C)ccc7c6O)ccc5c4O)c(S(=O)(=O)O)cc3C)n2)c1. The highest BCUT2D eigenvalue weighted by molar-refractivity contribution is 7.86. The Morgan fingerprint density at radius 1 is 0.508 bits per heavy atom. The van der Waals surface area contributed by atoms with E-state index in [1.54, 1.807) is 26.0 Å². The van der Waals surface area contributed by atoms with Gasteiger partial charge >= 0.3 is 0 Å². The van der Waals surface area contributed by atoms with Crippen LogP contribution in [0.2, 0.25) is 0 Å². The molecule has 0 radical (unpaired) electrons. The predicted molar refractivity (Wildman–Crippen MR) is 247 cm³/mol. The molecular formula is C47H42N10O5S. The Balaban J connectivity index is 1.13. The lowest BCUT2D eigenvalue weighted by Crippen LogP contribution is -2.08. The number of rotatable bonds is 11. The van der Waals surface area contributed by atoms with E-state index in [4.69, 9.17) is 0 Å². The van der Waals surface area contributed by atoms with Gasteiger partial charge < -0.3 is 26.2 Å². The van der Waals surface area contributed by atoms with Crippen molar-refractivity contribution in [1.82, 2.24) is 15.0 Å². The monoisotopic (exact) mass is 858 g/mol. The maximum absolute atomic E-state index is 12.7. The summed E-state index contributed by atoms with van der Waals surface area (Å²) in [6.45, 7) is 11.1. The van der Waals surface area contributed by atoms with Crippen molar-refractivity contribution in [1.29, 1.82) is 0 Å². The average molecular weight is 859 g/mol. The highest BCUT2D eigenvalue weighted by atomic mass is 32.2. The minimum atomic E-state index is -4.79. The molecule has 0 amide bonds. The molecule has 1 heterocycles. The molecule has 0 aliphatic carbocycles. The van der Waals surface area contributed by atoms with Gasteiger partial charge in [0, 0.05) is 27.8 Å². The maximum atomic E-state index is 12.7. The second kappa shape index (κ2) is 16.9. The summed E-state index contributed by atoms with van der Waals surface area (Å²) in [5.41, 5.74) is 7.14. The standard InChI is InChI=1S/C47H42N10O5S/c1-25-11-10-14-33(20-25)49-46-51-45(48-32-12-8-7-9-13-32)52-47(53-46)50-38-24-39(40(23-27(38)3)63(60,61)62)55-57-42-29(5)22-36-30(6)37(18-17-35(36)44(42)59)54-56-41-28(4)21-31-19-26(2)15-16-34(31)43(41)58/h7-24,58-59H,1-6H3,(H,60,61,62)(H3,48,49,50,51,52,53). The van der Waals surface area contributed by atoms with Gasteiger partial charge in [0.15, 0.2) is 11.5 Å². The number of aromatic nitrogens is 3. The Labute approximate surface area is 363 Å². The van der Waals surface area contributed by atoms with Gasteiger partial charge in [-0.1, -0.05) is 54.1 Å². The third-order valence-corrected chi connectivity index (χ3v) is 11.3. The number of aryl methyl sites for hydroxylation is 6.